The van der Waals surface area contributed by atoms with Crippen LogP contribution in [0.25, 0.3) is 17.4 Å². The number of aryl methyl sites for hydroxylation is 1. The van der Waals surface area contributed by atoms with Crippen LogP contribution >= 0.6 is 11.8 Å². The van der Waals surface area contributed by atoms with Crippen LogP contribution in [0.1, 0.15) is 24.1 Å². The number of thioether (sulfide) groups is 1. The fourth-order valence-electron chi connectivity index (χ4n) is 2.44. The summed E-state index contributed by atoms with van der Waals surface area (Å²) in [6.07, 6.45) is 1.88. The summed E-state index contributed by atoms with van der Waals surface area (Å²) in [5, 5.41) is 28.2. The Hall–Kier alpha value is -3.40. The number of carboxylic acid groups (broad SMARTS) is 1. The van der Waals surface area contributed by atoms with E-state index in [9.17, 15) is 20.0 Å². The van der Waals surface area contributed by atoms with Gasteiger partial charge < -0.3 is 13.9 Å². The lowest BCUT2D eigenvalue weighted by Gasteiger charge is -2.03. The normalized spacial score (nSPS) is 11.6. The Labute approximate surface area is 163 Å². The molecule has 28 heavy (non-hydrogen) atoms. The van der Waals surface area contributed by atoms with E-state index in [0.29, 0.717) is 29.2 Å². The maximum Gasteiger partial charge on any atom is 0.342 e. The summed E-state index contributed by atoms with van der Waals surface area (Å²) in [4.78, 5) is 22.1. The molecule has 1 aromatic carbocycles. The minimum Gasteiger partial charge on any atom is -0.477 e. The average molecular weight is 401 g/mol. The largest absolute Gasteiger partial charge is 0.477 e. The van der Waals surface area contributed by atoms with Gasteiger partial charge in [-0.2, -0.15) is 0 Å². The first-order valence-electron chi connectivity index (χ1n) is 8.18. The second kappa shape index (κ2) is 8.09. The fraction of sp³-hybridized carbons (Fsp3) is 0.167. The summed E-state index contributed by atoms with van der Waals surface area (Å²) in [5.41, 5.74) is 1.00. The Bertz CT molecular complexity index is 1070. The van der Waals surface area contributed by atoms with Crippen LogP contribution in [0.3, 0.4) is 0 Å². The molecule has 0 atom stereocenters. The number of nitro benzene ring substituents is 1. The van der Waals surface area contributed by atoms with Crippen molar-refractivity contribution in [2.75, 3.05) is 0 Å². The molecule has 1 N–H and O–H groups in total. The molecule has 144 valence electrons. The van der Waals surface area contributed by atoms with Crippen molar-refractivity contribution in [2.24, 2.45) is 0 Å². The number of hydrogen-bond donors (Lipinski definition) is 1. The van der Waals surface area contributed by atoms with Crippen molar-refractivity contribution in [1.29, 1.82) is 0 Å². The van der Waals surface area contributed by atoms with Crippen molar-refractivity contribution in [1.82, 2.24) is 10.2 Å². The van der Waals surface area contributed by atoms with Crippen LogP contribution < -0.4 is 0 Å². The van der Waals surface area contributed by atoms with Crippen LogP contribution in [0.5, 0.6) is 0 Å². The highest BCUT2D eigenvalue weighted by atomic mass is 32.2. The fourth-order valence-corrected chi connectivity index (χ4v) is 3.11. The highest BCUT2D eigenvalue weighted by molar-refractivity contribution is 8.03. The first-order chi connectivity index (χ1) is 13.4. The first kappa shape index (κ1) is 19.4. The third-order valence-electron chi connectivity index (χ3n) is 3.83. The van der Waals surface area contributed by atoms with Gasteiger partial charge in [0.05, 0.1) is 4.92 Å². The van der Waals surface area contributed by atoms with Crippen molar-refractivity contribution in [2.45, 2.75) is 25.5 Å². The molecule has 0 bridgehead atoms. The van der Waals surface area contributed by atoms with E-state index in [1.807, 2.05) is 6.92 Å². The Morgan fingerprint density at radius 3 is 2.71 bits per heavy atom. The number of aromatic nitrogens is 2. The van der Waals surface area contributed by atoms with Gasteiger partial charge in [0.2, 0.25) is 5.89 Å². The summed E-state index contributed by atoms with van der Waals surface area (Å²) in [6.45, 7) is 3.47. The lowest BCUT2D eigenvalue weighted by Crippen LogP contribution is -1.96. The number of furan rings is 1. The molecule has 0 aliphatic rings. The molecule has 10 heteroatoms. The lowest BCUT2D eigenvalue weighted by molar-refractivity contribution is -0.385. The second-order valence-electron chi connectivity index (χ2n) is 5.64. The summed E-state index contributed by atoms with van der Waals surface area (Å²) in [7, 11) is 0. The number of nitro groups is 1. The number of carboxylic acids is 1. The Morgan fingerprint density at radius 1 is 1.29 bits per heavy atom. The number of carbonyl (C=O) groups is 1. The van der Waals surface area contributed by atoms with Crippen molar-refractivity contribution in [3.8, 4) is 11.3 Å². The molecule has 3 aromatic rings. The molecule has 0 aliphatic heterocycles. The SMILES string of the molecule is CCc1nnc(S/C(=C/c2ccc(-c3cccc([N+](=O)[O-])c3C)o2)C(=O)O)o1. The number of nitrogens with zero attached hydrogens (tertiary/aromatic N) is 3. The Kier molecular flexibility index (Phi) is 5.59. The maximum absolute atomic E-state index is 11.5. The molecule has 2 heterocycles. The third kappa shape index (κ3) is 4.12. The molecule has 9 nitrogen and oxygen atoms in total. The van der Waals surface area contributed by atoms with Gasteiger partial charge in [-0.1, -0.05) is 19.1 Å². The van der Waals surface area contributed by atoms with Gasteiger partial charge in [-0.25, -0.2) is 4.79 Å². The van der Waals surface area contributed by atoms with Gasteiger partial charge in [-0.15, -0.1) is 10.2 Å². The minimum atomic E-state index is -1.18. The third-order valence-corrected chi connectivity index (χ3v) is 4.68. The van der Waals surface area contributed by atoms with Crippen LogP contribution in [0.4, 0.5) is 5.69 Å². The molecule has 0 unspecified atom stereocenters. The van der Waals surface area contributed by atoms with E-state index in [2.05, 4.69) is 10.2 Å². The highest BCUT2D eigenvalue weighted by Gasteiger charge is 2.18. The second-order valence-corrected chi connectivity index (χ2v) is 6.63. The van der Waals surface area contributed by atoms with Crippen molar-refractivity contribution >= 4 is 29.5 Å². The number of benzene rings is 1. The summed E-state index contributed by atoms with van der Waals surface area (Å²) in [6, 6.07) is 7.90. The molecule has 0 radical (unpaired) electrons. The summed E-state index contributed by atoms with van der Waals surface area (Å²) >= 11 is 0.814. The van der Waals surface area contributed by atoms with Crippen LogP contribution in [0.15, 0.2) is 49.3 Å². The summed E-state index contributed by atoms with van der Waals surface area (Å²) in [5.74, 6) is -0.0892. The monoisotopic (exact) mass is 401 g/mol. The predicted octanol–water partition coefficient (Wildman–Crippen LogP) is 4.33. The molecule has 2 aromatic heterocycles. The molecule has 0 aliphatic carbocycles. The van der Waals surface area contributed by atoms with Crippen LogP contribution in [-0.4, -0.2) is 26.2 Å². The number of aliphatic carboxylic acids is 1. The van der Waals surface area contributed by atoms with Crippen LogP contribution in [0, 0.1) is 17.0 Å². The average Bonchev–Trinajstić information content (AvgIpc) is 3.30. The quantitative estimate of drug-likeness (QED) is 0.266. The maximum atomic E-state index is 11.5. The zero-order valence-electron chi connectivity index (χ0n) is 14.9. The molecular formula is C18H15N3O6S. The van der Waals surface area contributed by atoms with Gasteiger partial charge in [-0.05, 0) is 30.8 Å². The number of rotatable bonds is 7. The Morgan fingerprint density at radius 2 is 2.07 bits per heavy atom. The van der Waals surface area contributed by atoms with Gasteiger partial charge in [0.1, 0.15) is 16.4 Å². The molecule has 0 fully saturated rings. The molecule has 0 saturated carbocycles. The van der Waals surface area contributed by atoms with Crippen LogP contribution in [-0.2, 0) is 11.2 Å². The highest BCUT2D eigenvalue weighted by Crippen LogP contribution is 2.33. The van der Waals surface area contributed by atoms with E-state index in [0.717, 1.165) is 11.8 Å². The van der Waals surface area contributed by atoms with Gasteiger partial charge in [0.25, 0.3) is 10.9 Å². The zero-order valence-corrected chi connectivity index (χ0v) is 15.7. The Balaban J connectivity index is 1.90. The molecular weight excluding hydrogens is 386 g/mol. The molecule has 0 saturated heterocycles. The molecule has 3 rings (SSSR count). The molecule has 0 spiro atoms. The van der Waals surface area contributed by atoms with Gasteiger partial charge in [-0.3, -0.25) is 10.1 Å². The van der Waals surface area contributed by atoms with E-state index in [4.69, 9.17) is 8.83 Å². The van der Waals surface area contributed by atoms with Crippen molar-refractivity contribution in [3.63, 3.8) is 0 Å². The lowest BCUT2D eigenvalue weighted by atomic mass is 10.1. The smallest absolute Gasteiger partial charge is 0.342 e. The zero-order chi connectivity index (χ0) is 20.3. The van der Waals surface area contributed by atoms with Gasteiger partial charge >= 0.3 is 5.97 Å². The van der Waals surface area contributed by atoms with Crippen molar-refractivity contribution in [3.05, 3.63) is 62.6 Å². The van der Waals surface area contributed by atoms with E-state index in [1.165, 1.54) is 12.1 Å². The summed E-state index contributed by atoms with van der Waals surface area (Å²) < 4.78 is 11.0. The molecule has 0 amide bonds. The topological polar surface area (TPSA) is 132 Å². The van der Waals surface area contributed by atoms with Crippen LogP contribution in [0.2, 0.25) is 0 Å². The van der Waals surface area contributed by atoms with Gasteiger partial charge in [0.15, 0.2) is 0 Å². The van der Waals surface area contributed by atoms with E-state index < -0.39 is 10.9 Å². The van der Waals surface area contributed by atoms with E-state index in [-0.39, 0.29) is 21.6 Å². The predicted molar refractivity (Wildman–Crippen MR) is 101 cm³/mol. The number of hydrogen-bond acceptors (Lipinski definition) is 8. The minimum absolute atomic E-state index is 0.0177. The standard InChI is InChI=1S/C18H15N3O6S/c1-3-16-19-20-18(27-16)28-15(17(22)23)9-11-7-8-14(26-11)12-5-4-6-13(10(12)2)21(24)25/h4-9H,3H2,1-2H3,(H,22,23)/b15-9+. The van der Waals surface area contributed by atoms with Gasteiger partial charge in [0, 0.05) is 29.7 Å². The first-order valence-corrected chi connectivity index (χ1v) is 9.00. The van der Waals surface area contributed by atoms with E-state index >= 15 is 0 Å². The van der Waals surface area contributed by atoms with E-state index in [1.54, 1.807) is 31.2 Å². The van der Waals surface area contributed by atoms with Crippen molar-refractivity contribution < 1.29 is 23.7 Å².